The lowest BCUT2D eigenvalue weighted by Gasteiger charge is -1.87. The Kier molecular flexibility index (Phi) is 0.943. The smallest absolute Gasteiger partial charge is 0.177 e. The first kappa shape index (κ1) is 5.34. The summed E-state index contributed by atoms with van der Waals surface area (Å²) >= 11 is 0. The lowest BCUT2D eigenvalue weighted by atomic mass is 10.5. The van der Waals surface area contributed by atoms with Crippen LogP contribution in [-0.4, -0.2) is 19.8 Å². The predicted molar refractivity (Wildman–Crippen MR) is 35.2 cm³/mol. The van der Waals surface area contributed by atoms with Crippen molar-refractivity contribution >= 4 is 5.65 Å². The SMILES string of the molecule is [CH2]c1nnc2cccnn12. The van der Waals surface area contributed by atoms with Gasteiger partial charge in [-0.05, 0) is 12.1 Å². The van der Waals surface area contributed by atoms with Crippen LogP contribution < -0.4 is 0 Å². The highest BCUT2D eigenvalue weighted by Gasteiger charge is 1.96. The molecule has 2 aromatic rings. The molecule has 0 bridgehead atoms. The van der Waals surface area contributed by atoms with Crippen molar-refractivity contribution in [3.05, 3.63) is 31.1 Å². The minimum atomic E-state index is 0.565. The van der Waals surface area contributed by atoms with Gasteiger partial charge in [-0.2, -0.15) is 9.61 Å². The molecule has 0 fully saturated rings. The highest BCUT2D eigenvalue weighted by Crippen LogP contribution is 1.96. The monoisotopic (exact) mass is 133 g/mol. The minimum Gasteiger partial charge on any atom is -0.197 e. The number of aromatic nitrogens is 4. The zero-order valence-electron chi connectivity index (χ0n) is 5.23. The van der Waals surface area contributed by atoms with Crippen LogP contribution in [0.5, 0.6) is 0 Å². The maximum atomic E-state index is 3.97. The maximum absolute atomic E-state index is 3.97. The van der Waals surface area contributed by atoms with Crippen LogP contribution in [0.15, 0.2) is 18.3 Å². The second-order valence-electron chi connectivity index (χ2n) is 1.91. The van der Waals surface area contributed by atoms with E-state index in [4.69, 9.17) is 0 Å². The summed E-state index contributed by atoms with van der Waals surface area (Å²) in [5.74, 6) is 0.565. The summed E-state index contributed by atoms with van der Waals surface area (Å²) in [6, 6.07) is 3.64. The van der Waals surface area contributed by atoms with Crippen LogP contribution in [0.3, 0.4) is 0 Å². The number of hydrogen-bond donors (Lipinski definition) is 0. The van der Waals surface area contributed by atoms with Crippen molar-refractivity contribution in [1.82, 2.24) is 19.8 Å². The van der Waals surface area contributed by atoms with E-state index in [-0.39, 0.29) is 0 Å². The predicted octanol–water partition coefficient (Wildman–Crippen LogP) is 0.306. The van der Waals surface area contributed by atoms with Crippen LogP contribution in [-0.2, 0) is 0 Å². The average molecular weight is 133 g/mol. The molecule has 0 aliphatic rings. The minimum absolute atomic E-state index is 0.565. The Bertz CT molecular complexity index is 351. The van der Waals surface area contributed by atoms with Gasteiger partial charge < -0.3 is 0 Å². The fourth-order valence-corrected chi connectivity index (χ4v) is 0.790. The number of nitrogens with zero attached hydrogens (tertiary/aromatic N) is 4. The molecule has 0 atom stereocenters. The third kappa shape index (κ3) is 0.586. The number of rotatable bonds is 0. The van der Waals surface area contributed by atoms with Gasteiger partial charge in [-0.25, -0.2) is 0 Å². The Balaban J connectivity index is 2.93. The summed E-state index contributed by atoms with van der Waals surface area (Å²) in [7, 11) is 0. The molecule has 0 spiro atoms. The Hall–Kier alpha value is -1.45. The molecule has 0 saturated carbocycles. The van der Waals surface area contributed by atoms with E-state index < -0.39 is 0 Å². The molecule has 2 aromatic heterocycles. The standard InChI is InChI=1S/C6H5N4/c1-5-8-9-6-3-2-4-7-10(5)6/h2-4H,1H2. The molecule has 4 nitrogen and oxygen atoms in total. The second kappa shape index (κ2) is 1.76. The topological polar surface area (TPSA) is 43.1 Å². The third-order valence-electron chi connectivity index (χ3n) is 1.24. The van der Waals surface area contributed by atoms with Gasteiger partial charge in [0, 0.05) is 13.1 Å². The number of fused-ring (bicyclic) bond motifs is 1. The van der Waals surface area contributed by atoms with E-state index in [0.717, 1.165) is 5.65 Å². The Morgan fingerprint density at radius 1 is 1.40 bits per heavy atom. The Morgan fingerprint density at radius 3 is 3.10 bits per heavy atom. The fourth-order valence-electron chi connectivity index (χ4n) is 0.790. The van der Waals surface area contributed by atoms with Crippen LogP contribution in [0, 0.1) is 6.92 Å². The van der Waals surface area contributed by atoms with Gasteiger partial charge in [0.15, 0.2) is 11.5 Å². The van der Waals surface area contributed by atoms with Gasteiger partial charge in [-0.15, -0.1) is 10.2 Å². The molecule has 2 rings (SSSR count). The molecular formula is C6H5N4. The first-order valence-corrected chi connectivity index (χ1v) is 2.86. The summed E-state index contributed by atoms with van der Waals surface area (Å²) in [5, 5.41) is 11.5. The Morgan fingerprint density at radius 2 is 2.30 bits per heavy atom. The van der Waals surface area contributed by atoms with E-state index >= 15 is 0 Å². The molecule has 0 aliphatic carbocycles. The van der Waals surface area contributed by atoms with Gasteiger partial charge in [-0.1, -0.05) is 0 Å². The van der Waals surface area contributed by atoms with Crippen molar-refractivity contribution in [1.29, 1.82) is 0 Å². The zero-order valence-corrected chi connectivity index (χ0v) is 5.23. The van der Waals surface area contributed by atoms with E-state index in [0.29, 0.717) is 5.82 Å². The van der Waals surface area contributed by atoms with Crippen LogP contribution >= 0.6 is 0 Å². The van der Waals surface area contributed by atoms with E-state index in [9.17, 15) is 0 Å². The summed E-state index contributed by atoms with van der Waals surface area (Å²) in [6.07, 6.45) is 1.67. The zero-order chi connectivity index (χ0) is 6.97. The molecular weight excluding hydrogens is 128 g/mol. The van der Waals surface area contributed by atoms with E-state index in [2.05, 4.69) is 22.2 Å². The van der Waals surface area contributed by atoms with Gasteiger partial charge in [0.05, 0.1) is 0 Å². The van der Waals surface area contributed by atoms with Gasteiger partial charge in [0.25, 0.3) is 0 Å². The molecule has 2 heterocycles. The van der Waals surface area contributed by atoms with Crippen LogP contribution in [0.4, 0.5) is 0 Å². The molecule has 0 amide bonds. The first-order chi connectivity index (χ1) is 4.88. The van der Waals surface area contributed by atoms with E-state index in [1.807, 2.05) is 12.1 Å². The van der Waals surface area contributed by atoms with Crippen molar-refractivity contribution in [2.24, 2.45) is 0 Å². The van der Waals surface area contributed by atoms with Crippen molar-refractivity contribution in [2.75, 3.05) is 0 Å². The molecule has 0 unspecified atom stereocenters. The van der Waals surface area contributed by atoms with Crippen LogP contribution in [0.1, 0.15) is 5.82 Å². The van der Waals surface area contributed by atoms with E-state index in [1.165, 1.54) is 0 Å². The Labute approximate surface area is 57.5 Å². The lowest BCUT2D eigenvalue weighted by Crippen LogP contribution is -1.91. The highest BCUT2D eigenvalue weighted by molar-refractivity contribution is 5.34. The van der Waals surface area contributed by atoms with Gasteiger partial charge in [0.1, 0.15) is 0 Å². The lowest BCUT2D eigenvalue weighted by molar-refractivity contribution is 0.900. The third-order valence-corrected chi connectivity index (χ3v) is 1.24. The molecule has 0 aromatic carbocycles. The van der Waals surface area contributed by atoms with Crippen molar-refractivity contribution in [3.63, 3.8) is 0 Å². The normalized spacial score (nSPS) is 10.5. The van der Waals surface area contributed by atoms with Crippen molar-refractivity contribution in [3.8, 4) is 0 Å². The molecule has 1 radical (unpaired) electrons. The molecule has 4 heteroatoms. The van der Waals surface area contributed by atoms with Gasteiger partial charge in [0.2, 0.25) is 0 Å². The summed E-state index contributed by atoms with van der Waals surface area (Å²) in [4.78, 5) is 0. The fraction of sp³-hybridized carbons (Fsp3) is 0. The van der Waals surface area contributed by atoms with Gasteiger partial charge in [-0.3, -0.25) is 0 Å². The molecule has 0 aliphatic heterocycles. The largest absolute Gasteiger partial charge is 0.197 e. The molecule has 10 heavy (non-hydrogen) atoms. The first-order valence-electron chi connectivity index (χ1n) is 2.86. The van der Waals surface area contributed by atoms with E-state index in [1.54, 1.807) is 10.7 Å². The molecule has 0 N–H and O–H groups in total. The van der Waals surface area contributed by atoms with Gasteiger partial charge >= 0.3 is 0 Å². The summed E-state index contributed by atoms with van der Waals surface area (Å²) in [6.45, 7) is 3.64. The average Bonchev–Trinajstić information content (AvgIpc) is 2.34. The quantitative estimate of drug-likeness (QED) is 0.519. The highest BCUT2D eigenvalue weighted by atomic mass is 15.4. The second-order valence-corrected chi connectivity index (χ2v) is 1.91. The summed E-state index contributed by atoms with van der Waals surface area (Å²) in [5.41, 5.74) is 0.729. The van der Waals surface area contributed by atoms with Crippen molar-refractivity contribution < 1.29 is 0 Å². The molecule has 0 saturated heterocycles. The van der Waals surface area contributed by atoms with Crippen molar-refractivity contribution in [2.45, 2.75) is 0 Å². The molecule has 49 valence electrons. The van der Waals surface area contributed by atoms with Crippen LogP contribution in [0.25, 0.3) is 5.65 Å². The number of hydrogen-bond acceptors (Lipinski definition) is 3. The van der Waals surface area contributed by atoms with Crippen LogP contribution in [0.2, 0.25) is 0 Å². The maximum Gasteiger partial charge on any atom is 0.177 e. The summed E-state index contributed by atoms with van der Waals surface area (Å²) < 4.78 is 1.58.